The zero-order valence-corrected chi connectivity index (χ0v) is 13.5. The molecule has 25 heavy (non-hydrogen) atoms. The number of hydrogen-bond donors (Lipinski definition) is 0. The van der Waals surface area contributed by atoms with E-state index in [1.54, 1.807) is 16.7 Å². The first-order valence-corrected chi connectivity index (χ1v) is 7.52. The number of ether oxygens (including phenoxy) is 1. The number of hydrogen-bond acceptors (Lipinski definition) is 5. The van der Waals surface area contributed by atoms with Gasteiger partial charge in [-0.3, -0.25) is 10.1 Å². The highest BCUT2D eigenvalue weighted by molar-refractivity contribution is 5.88. The Kier molecular flexibility index (Phi) is 4.56. The van der Waals surface area contributed by atoms with Crippen molar-refractivity contribution in [1.29, 1.82) is 0 Å². The lowest BCUT2D eigenvalue weighted by Gasteiger charge is -2.11. The Hall–Kier alpha value is -3.48. The normalized spacial score (nSPS) is 10.4. The van der Waals surface area contributed by atoms with Crippen LogP contribution in [-0.2, 0) is 11.3 Å². The van der Waals surface area contributed by atoms with Gasteiger partial charge in [0.15, 0.2) is 0 Å². The number of benzene rings is 2. The molecule has 0 saturated carbocycles. The molecule has 7 heteroatoms. The largest absolute Gasteiger partial charge is 0.464 e. The smallest absolute Gasteiger partial charge is 0.356 e. The average molecular weight is 337 g/mol. The molecule has 1 aromatic heterocycles. The van der Waals surface area contributed by atoms with Crippen LogP contribution in [0.3, 0.4) is 0 Å². The van der Waals surface area contributed by atoms with Crippen LogP contribution in [0.2, 0.25) is 0 Å². The van der Waals surface area contributed by atoms with Crippen molar-refractivity contribution in [2.75, 3.05) is 7.11 Å². The second kappa shape index (κ2) is 6.96. The first kappa shape index (κ1) is 16.4. The number of rotatable bonds is 5. The number of nitrogens with zero attached hydrogens (tertiary/aromatic N) is 3. The van der Waals surface area contributed by atoms with Crippen LogP contribution >= 0.6 is 0 Å². The Morgan fingerprint density at radius 3 is 2.44 bits per heavy atom. The molecule has 0 bridgehead atoms. The van der Waals surface area contributed by atoms with Crippen molar-refractivity contribution >= 4 is 11.7 Å². The second-order valence-corrected chi connectivity index (χ2v) is 5.33. The molecule has 1 heterocycles. The lowest BCUT2D eigenvalue weighted by Crippen LogP contribution is -2.12. The molecule has 0 radical (unpaired) electrons. The minimum Gasteiger partial charge on any atom is -0.464 e. The van der Waals surface area contributed by atoms with E-state index in [9.17, 15) is 14.9 Å². The highest BCUT2D eigenvalue weighted by Crippen LogP contribution is 2.24. The summed E-state index contributed by atoms with van der Waals surface area (Å²) >= 11 is 0. The fraction of sp³-hybridized carbons (Fsp3) is 0.111. The van der Waals surface area contributed by atoms with E-state index in [1.165, 1.54) is 25.4 Å². The summed E-state index contributed by atoms with van der Waals surface area (Å²) in [5.74, 6) is 0.0516. The lowest BCUT2D eigenvalue weighted by atomic mass is 10.1. The summed E-state index contributed by atoms with van der Waals surface area (Å²) in [6, 6.07) is 15.7. The molecule has 2 aromatic carbocycles. The van der Waals surface area contributed by atoms with Crippen molar-refractivity contribution in [3.8, 4) is 11.4 Å². The van der Waals surface area contributed by atoms with Gasteiger partial charge in [-0.25, -0.2) is 9.78 Å². The molecule has 0 unspecified atom stereocenters. The fourth-order valence-electron chi connectivity index (χ4n) is 2.53. The first-order chi connectivity index (χ1) is 12.1. The Labute approximate surface area is 143 Å². The molecule has 3 rings (SSSR count). The van der Waals surface area contributed by atoms with E-state index in [4.69, 9.17) is 4.74 Å². The number of aromatic nitrogens is 2. The highest BCUT2D eigenvalue weighted by Gasteiger charge is 2.19. The fourth-order valence-corrected chi connectivity index (χ4v) is 2.53. The van der Waals surface area contributed by atoms with Crippen molar-refractivity contribution in [1.82, 2.24) is 9.55 Å². The lowest BCUT2D eigenvalue weighted by molar-refractivity contribution is -0.384. The van der Waals surface area contributed by atoms with Gasteiger partial charge in [0.25, 0.3) is 5.69 Å². The van der Waals surface area contributed by atoms with Crippen LogP contribution in [0, 0.1) is 10.1 Å². The molecule has 0 saturated heterocycles. The summed E-state index contributed by atoms with van der Waals surface area (Å²) in [6.45, 7) is 0.428. The molecule has 7 nitrogen and oxygen atoms in total. The number of nitro benzene ring substituents is 1. The third kappa shape index (κ3) is 3.40. The maximum atomic E-state index is 12.0. The van der Waals surface area contributed by atoms with Crippen LogP contribution in [0.4, 0.5) is 5.69 Å². The minimum absolute atomic E-state index is 0.00175. The van der Waals surface area contributed by atoms with Gasteiger partial charge in [0, 0.05) is 24.2 Å². The van der Waals surface area contributed by atoms with E-state index in [0.717, 1.165) is 5.56 Å². The molecule has 0 N–H and O–H groups in total. The van der Waals surface area contributed by atoms with Crippen LogP contribution in [0.15, 0.2) is 60.8 Å². The third-order valence-electron chi connectivity index (χ3n) is 3.77. The number of carbonyl (C=O) groups is 1. The van der Waals surface area contributed by atoms with Crippen molar-refractivity contribution < 1.29 is 14.5 Å². The number of methoxy groups -OCH3 is 1. The molecular formula is C18H15N3O4. The number of imidazole rings is 1. The van der Waals surface area contributed by atoms with Crippen molar-refractivity contribution in [2.45, 2.75) is 6.54 Å². The highest BCUT2D eigenvalue weighted by atomic mass is 16.6. The van der Waals surface area contributed by atoms with Gasteiger partial charge in [-0.05, 0) is 17.7 Å². The van der Waals surface area contributed by atoms with Gasteiger partial charge < -0.3 is 9.30 Å². The number of non-ortho nitro benzene ring substituents is 1. The topological polar surface area (TPSA) is 87.3 Å². The van der Waals surface area contributed by atoms with Crippen molar-refractivity contribution in [3.05, 3.63) is 82.2 Å². The monoisotopic (exact) mass is 337 g/mol. The molecule has 0 fully saturated rings. The number of nitro groups is 1. The first-order valence-electron chi connectivity index (χ1n) is 7.52. The molecule has 0 aliphatic rings. The van der Waals surface area contributed by atoms with Gasteiger partial charge in [-0.15, -0.1) is 0 Å². The van der Waals surface area contributed by atoms with Gasteiger partial charge >= 0.3 is 5.97 Å². The van der Waals surface area contributed by atoms with E-state index < -0.39 is 10.9 Å². The van der Waals surface area contributed by atoms with Gasteiger partial charge in [0.05, 0.1) is 18.2 Å². The number of carbonyl (C=O) groups excluding carboxylic acids is 1. The van der Waals surface area contributed by atoms with E-state index >= 15 is 0 Å². The molecule has 3 aromatic rings. The molecule has 0 aliphatic heterocycles. The van der Waals surface area contributed by atoms with Crippen LogP contribution in [0.5, 0.6) is 0 Å². The summed E-state index contributed by atoms with van der Waals surface area (Å²) in [5, 5.41) is 10.8. The van der Waals surface area contributed by atoms with E-state index in [2.05, 4.69) is 4.98 Å². The van der Waals surface area contributed by atoms with Crippen LogP contribution in [-0.4, -0.2) is 27.6 Å². The molecule has 0 amide bonds. The SMILES string of the molecule is COC(=O)c1cnc(-c2ccc([N+](=O)[O-])cc2)n1Cc1ccccc1. The summed E-state index contributed by atoms with van der Waals surface area (Å²) < 4.78 is 6.56. The van der Waals surface area contributed by atoms with Crippen LogP contribution < -0.4 is 0 Å². The maximum Gasteiger partial charge on any atom is 0.356 e. The zero-order chi connectivity index (χ0) is 17.8. The van der Waals surface area contributed by atoms with Gasteiger partial charge in [-0.2, -0.15) is 0 Å². The molecule has 126 valence electrons. The summed E-state index contributed by atoms with van der Waals surface area (Å²) in [7, 11) is 1.31. The van der Waals surface area contributed by atoms with E-state index in [0.29, 0.717) is 23.6 Å². The quantitative estimate of drug-likeness (QED) is 0.405. The van der Waals surface area contributed by atoms with Crippen molar-refractivity contribution in [2.24, 2.45) is 0 Å². The molecular weight excluding hydrogens is 322 g/mol. The Morgan fingerprint density at radius 2 is 1.84 bits per heavy atom. The maximum absolute atomic E-state index is 12.0. The predicted molar refractivity (Wildman–Crippen MR) is 91.2 cm³/mol. The van der Waals surface area contributed by atoms with E-state index in [1.807, 2.05) is 30.3 Å². The molecule has 0 aliphatic carbocycles. The minimum atomic E-state index is -0.489. The second-order valence-electron chi connectivity index (χ2n) is 5.33. The van der Waals surface area contributed by atoms with Crippen molar-refractivity contribution in [3.63, 3.8) is 0 Å². The Bertz CT molecular complexity index is 902. The predicted octanol–water partition coefficient (Wildman–Crippen LogP) is 3.29. The Morgan fingerprint density at radius 1 is 1.16 bits per heavy atom. The Balaban J connectivity index is 2.05. The average Bonchev–Trinajstić information content (AvgIpc) is 3.05. The van der Waals surface area contributed by atoms with E-state index in [-0.39, 0.29) is 5.69 Å². The third-order valence-corrected chi connectivity index (χ3v) is 3.77. The zero-order valence-electron chi connectivity index (χ0n) is 13.5. The molecule has 0 atom stereocenters. The molecule has 0 spiro atoms. The van der Waals surface area contributed by atoms with Gasteiger partial charge in [0.2, 0.25) is 0 Å². The number of esters is 1. The standard InChI is InChI=1S/C18H15N3O4/c1-25-18(22)16-11-19-17(14-7-9-15(10-8-14)21(23)24)20(16)12-13-5-3-2-4-6-13/h2-11H,12H2,1H3. The van der Waals surface area contributed by atoms with Crippen LogP contribution in [0.1, 0.15) is 16.1 Å². The van der Waals surface area contributed by atoms with Crippen LogP contribution in [0.25, 0.3) is 11.4 Å². The summed E-state index contributed by atoms with van der Waals surface area (Å²) in [4.78, 5) is 26.7. The summed E-state index contributed by atoms with van der Waals surface area (Å²) in [5.41, 5.74) is 1.99. The van der Waals surface area contributed by atoms with Gasteiger partial charge in [-0.1, -0.05) is 30.3 Å². The van der Waals surface area contributed by atoms with Gasteiger partial charge in [0.1, 0.15) is 11.5 Å². The summed E-state index contributed by atoms with van der Waals surface area (Å²) in [6.07, 6.45) is 1.45.